The van der Waals surface area contributed by atoms with Gasteiger partial charge < -0.3 is 10.2 Å². The van der Waals surface area contributed by atoms with E-state index in [2.05, 4.69) is 25.8 Å². The highest BCUT2D eigenvalue weighted by atomic mass is 16.3. The van der Waals surface area contributed by atoms with Crippen LogP contribution >= 0.6 is 0 Å². The monoisotopic (exact) mass is 320 g/mol. The van der Waals surface area contributed by atoms with Crippen LogP contribution in [0.4, 0.5) is 0 Å². The normalized spacial score (nSPS) is 11.5. The van der Waals surface area contributed by atoms with Gasteiger partial charge in [0.2, 0.25) is 0 Å². The Kier molecular flexibility index (Phi) is 3.97. The molecule has 1 heterocycles. The number of phenolic OH excluding ortho intramolecular Hbond substituents is 2. The van der Waals surface area contributed by atoms with Crippen LogP contribution in [0.15, 0.2) is 54.7 Å². The number of hydrogen-bond acceptors (Lipinski definition) is 4. The van der Waals surface area contributed by atoms with E-state index in [9.17, 15) is 10.2 Å². The van der Waals surface area contributed by atoms with Crippen molar-refractivity contribution < 1.29 is 10.2 Å². The molecule has 0 saturated carbocycles. The summed E-state index contributed by atoms with van der Waals surface area (Å²) in [5.41, 5.74) is 4.10. The van der Waals surface area contributed by atoms with Gasteiger partial charge >= 0.3 is 0 Å². The van der Waals surface area contributed by atoms with Crippen molar-refractivity contribution in [1.29, 1.82) is 0 Å². The van der Waals surface area contributed by atoms with E-state index >= 15 is 0 Å². The molecule has 0 fully saturated rings. The van der Waals surface area contributed by atoms with E-state index in [-0.39, 0.29) is 16.9 Å². The minimum absolute atomic E-state index is 0.187. The zero-order valence-corrected chi connectivity index (χ0v) is 14.0. The summed E-state index contributed by atoms with van der Waals surface area (Å²) >= 11 is 0. The Morgan fingerprint density at radius 2 is 1.25 bits per heavy atom. The number of aromatic hydroxyl groups is 2. The molecule has 0 amide bonds. The molecule has 4 nitrogen and oxygen atoms in total. The summed E-state index contributed by atoms with van der Waals surface area (Å²) in [6, 6.07) is 13.9. The fraction of sp³-hybridized carbons (Fsp3) is 0.200. The summed E-state index contributed by atoms with van der Waals surface area (Å²) in [6.07, 6.45) is 1.74. The van der Waals surface area contributed by atoms with Crippen LogP contribution in [0.2, 0.25) is 0 Å². The summed E-state index contributed by atoms with van der Waals surface area (Å²) in [5.74, 6) is 0.452. The second-order valence-electron chi connectivity index (χ2n) is 6.80. The van der Waals surface area contributed by atoms with Gasteiger partial charge in [-0.2, -0.15) is 0 Å². The standard InChI is InChI=1S/C20H20N2O2/c1-20(2,3)19-18(14-6-10-16(24)11-7-14)21-12-17(22-19)13-4-8-15(23)9-5-13/h4-12,23-24H,1-3H3. The molecule has 4 heteroatoms. The zero-order chi connectivity index (χ0) is 17.3. The summed E-state index contributed by atoms with van der Waals surface area (Å²) in [4.78, 5) is 9.47. The molecule has 0 unspecified atom stereocenters. The second kappa shape index (κ2) is 5.96. The minimum atomic E-state index is -0.187. The maximum atomic E-state index is 9.49. The average Bonchev–Trinajstić information content (AvgIpc) is 2.55. The molecule has 122 valence electrons. The van der Waals surface area contributed by atoms with Crippen molar-refractivity contribution in [1.82, 2.24) is 9.97 Å². The Morgan fingerprint density at radius 3 is 1.75 bits per heavy atom. The van der Waals surface area contributed by atoms with Gasteiger partial charge in [-0.3, -0.25) is 4.98 Å². The van der Waals surface area contributed by atoms with E-state index in [1.807, 2.05) is 24.3 Å². The topological polar surface area (TPSA) is 66.2 Å². The zero-order valence-electron chi connectivity index (χ0n) is 14.0. The first kappa shape index (κ1) is 16.0. The average molecular weight is 320 g/mol. The van der Waals surface area contributed by atoms with Gasteiger partial charge in [0.05, 0.1) is 23.3 Å². The first-order valence-electron chi connectivity index (χ1n) is 7.81. The molecule has 3 rings (SSSR count). The molecule has 0 spiro atoms. The number of aromatic nitrogens is 2. The van der Waals surface area contributed by atoms with Crippen molar-refractivity contribution in [3.63, 3.8) is 0 Å². The van der Waals surface area contributed by atoms with Gasteiger partial charge in [0.25, 0.3) is 0 Å². The summed E-state index contributed by atoms with van der Waals surface area (Å²) < 4.78 is 0. The lowest BCUT2D eigenvalue weighted by Gasteiger charge is -2.22. The van der Waals surface area contributed by atoms with Gasteiger partial charge in [0.1, 0.15) is 11.5 Å². The van der Waals surface area contributed by atoms with Crippen molar-refractivity contribution in [2.75, 3.05) is 0 Å². The molecule has 0 saturated heterocycles. The van der Waals surface area contributed by atoms with Crippen LogP contribution in [-0.2, 0) is 5.41 Å². The molecule has 2 aromatic carbocycles. The van der Waals surface area contributed by atoms with Gasteiger partial charge in [-0.25, -0.2) is 4.98 Å². The molecule has 0 aliphatic rings. The van der Waals surface area contributed by atoms with E-state index in [0.29, 0.717) is 0 Å². The fourth-order valence-electron chi connectivity index (χ4n) is 2.51. The van der Waals surface area contributed by atoms with E-state index in [1.165, 1.54) is 0 Å². The molecule has 0 bridgehead atoms. The van der Waals surface area contributed by atoms with Gasteiger partial charge in [0, 0.05) is 16.5 Å². The summed E-state index contributed by atoms with van der Waals surface area (Å²) in [6.45, 7) is 6.30. The fourth-order valence-corrected chi connectivity index (χ4v) is 2.51. The quantitative estimate of drug-likeness (QED) is 0.728. The lowest BCUT2D eigenvalue weighted by Crippen LogP contribution is -2.16. The van der Waals surface area contributed by atoms with Crippen molar-refractivity contribution >= 4 is 0 Å². The van der Waals surface area contributed by atoms with Crippen LogP contribution in [0.5, 0.6) is 11.5 Å². The molecule has 2 N–H and O–H groups in total. The largest absolute Gasteiger partial charge is 0.508 e. The third-order valence-corrected chi connectivity index (χ3v) is 3.79. The number of phenols is 2. The van der Waals surface area contributed by atoms with Gasteiger partial charge in [0.15, 0.2) is 0 Å². The molecule has 1 aromatic heterocycles. The molecule has 0 aliphatic carbocycles. The molecule has 24 heavy (non-hydrogen) atoms. The highest BCUT2D eigenvalue weighted by Crippen LogP contribution is 2.32. The molecule has 3 aromatic rings. The van der Waals surface area contributed by atoms with Crippen LogP contribution in [0.1, 0.15) is 26.5 Å². The predicted octanol–water partition coefficient (Wildman–Crippen LogP) is 4.52. The lowest BCUT2D eigenvalue weighted by atomic mass is 9.88. The molecule has 0 atom stereocenters. The minimum Gasteiger partial charge on any atom is -0.508 e. The van der Waals surface area contributed by atoms with E-state index in [4.69, 9.17) is 4.98 Å². The third kappa shape index (κ3) is 3.23. The van der Waals surface area contributed by atoms with Crippen molar-refractivity contribution in [2.45, 2.75) is 26.2 Å². The van der Waals surface area contributed by atoms with Crippen LogP contribution in [0.3, 0.4) is 0 Å². The molecule has 0 aliphatic heterocycles. The number of hydrogen-bond donors (Lipinski definition) is 2. The summed E-state index contributed by atoms with van der Waals surface area (Å²) in [5, 5.41) is 18.9. The van der Waals surface area contributed by atoms with E-state index in [1.54, 1.807) is 30.5 Å². The van der Waals surface area contributed by atoms with Crippen molar-refractivity contribution in [2.24, 2.45) is 0 Å². The maximum Gasteiger partial charge on any atom is 0.115 e. The van der Waals surface area contributed by atoms with Crippen LogP contribution < -0.4 is 0 Å². The van der Waals surface area contributed by atoms with Crippen molar-refractivity contribution in [3.8, 4) is 34.0 Å². The number of nitrogens with zero attached hydrogens (tertiary/aromatic N) is 2. The first-order valence-corrected chi connectivity index (χ1v) is 7.81. The summed E-state index contributed by atoms with van der Waals surface area (Å²) in [7, 11) is 0. The Balaban J connectivity index is 2.14. The third-order valence-electron chi connectivity index (χ3n) is 3.79. The maximum absolute atomic E-state index is 9.49. The highest BCUT2D eigenvalue weighted by molar-refractivity contribution is 5.67. The van der Waals surface area contributed by atoms with Crippen molar-refractivity contribution in [3.05, 3.63) is 60.4 Å². The Hall–Kier alpha value is -2.88. The number of rotatable bonds is 2. The molecule has 0 radical (unpaired) electrons. The Morgan fingerprint density at radius 1 is 0.750 bits per heavy atom. The van der Waals surface area contributed by atoms with E-state index < -0.39 is 0 Å². The Labute approximate surface area is 141 Å². The second-order valence-corrected chi connectivity index (χ2v) is 6.80. The van der Waals surface area contributed by atoms with Crippen LogP contribution in [0, 0.1) is 0 Å². The SMILES string of the molecule is CC(C)(C)c1nc(-c2ccc(O)cc2)cnc1-c1ccc(O)cc1. The number of benzene rings is 2. The lowest BCUT2D eigenvalue weighted by molar-refractivity contribution is 0.475. The van der Waals surface area contributed by atoms with Gasteiger partial charge in [-0.1, -0.05) is 20.8 Å². The van der Waals surface area contributed by atoms with Crippen LogP contribution in [-0.4, -0.2) is 20.2 Å². The van der Waals surface area contributed by atoms with Gasteiger partial charge in [-0.15, -0.1) is 0 Å². The van der Waals surface area contributed by atoms with E-state index in [0.717, 1.165) is 28.2 Å². The first-order chi connectivity index (χ1) is 11.3. The molecular weight excluding hydrogens is 300 g/mol. The predicted molar refractivity (Wildman–Crippen MR) is 94.9 cm³/mol. The van der Waals surface area contributed by atoms with Crippen LogP contribution in [0.25, 0.3) is 22.5 Å². The Bertz CT molecular complexity index is 848. The molecular formula is C20H20N2O2. The highest BCUT2D eigenvalue weighted by Gasteiger charge is 2.23. The smallest absolute Gasteiger partial charge is 0.115 e. The van der Waals surface area contributed by atoms with Gasteiger partial charge in [-0.05, 0) is 48.5 Å².